The molecule has 4 nitrogen and oxygen atoms in total. The van der Waals surface area contributed by atoms with Crippen molar-refractivity contribution in [1.29, 1.82) is 0 Å². The second-order valence-corrected chi connectivity index (χ2v) is 4.12. The summed E-state index contributed by atoms with van der Waals surface area (Å²) in [6.07, 6.45) is 7.07. The van der Waals surface area contributed by atoms with Gasteiger partial charge in [0.05, 0.1) is 0 Å². The number of carboxylic acid groups (broad SMARTS) is 2. The first-order chi connectivity index (χ1) is 8.04. The Balaban J connectivity index is 0. The van der Waals surface area contributed by atoms with Crippen LogP contribution >= 0.6 is 0 Å². The van der Waals surface area contributed by atoms with Gasteiger partial charge in [-0.25, -0.2) is 0 Å². The van der Waals surface area contributed by atoms with Crippen LogP contribution in [0.15, 0.2) is 0 Å². The lowest BCUT2D eigenvalue weighted by molar-refractivity contribution is -0.138. The first-order valence-corrected chi connectivity index (χ1v) is 6.48. The molecule has 0 amide bonds. The van der Waals surface area contributed by atoms with Gasteiger partial charge in [-0.1, -0.05) is 46.0 Å². The Bertz CT molecular complexity index is 170. The van der Waals surface area contributed by atoms with Crippen LogP contribution in [0.2, 0.25) is 0 Å². The van der Waals surface area contributed by atoms with Crippen molar-refractivity contribution in [3.63, 3.8) is 0 Å². The molecule has 0 aromatic carbocycles. The molecule has 0 saturated heterocycles. The molecule has 0 atom stereocenters. The van der Waals surface area contributed by atoms with Crippen LogP contribution < -0.4 is 0 Å². The third kappa shape index (κ3) is 25.3. The molecule has 0 aliphatic heterocycles. The number of hydrogen-bond donors (Lipinski definition) is 2. The molecule has 0 aliphatic rings. The minimum atomic E-state index is -0.740. The largest absolute Gasteiger partial charge is 0.481 e. The summed E-state index contributed by atoms with van der Waals surface area (Å²) in [5.41, 5.74) is 0. The minimum Gasteiger partial charge on any atom is -0.481 e. The second kappa shape index (κ2) is 14.9. The number of carboxylic acids is 2. The van der Waals surface area contributed by atoms with E-state index in [1.54, 1.807) is 0 Å². The fourth-order valence-electron chi connectivity index (χ4n) is 1.26. The van der Waals surface area contributed by atoms with Gasteiger partial charge >= 0.3 is 11.9 Å². The van der Waals surface area contributed by atoms with Crippen LogP contribution in [0.25, 0.3) is 0 Å². The molecular weight excluding hydrogens is 220 g/mol. The SMILES string of the molecule is CCC.O=C(O)CCCCCCCCC(=O)O. The molecule has 0 aliphatic carbocycles. The van der Waals surface area contributed by atoms with Crippen LogP contribution in [0, 0.1) is 0 Å². The first kappa shape index (κ1) is 18.3. The quantitative estimate of drug-likeness (QED) is 0.608. The van der Waals surface area contributed by atoms with E-state index in [-0.39, 0.29) is 12.8 Å². The smallest absolute Gasteiger partial charge is 0.303 e. The summed E-state index contributed by atoms with van der Waals surface area (Å²) in [7, 11) is 0. The fourth-order valence-corrected chi connectivity index (χ4v) is 1.26. The van der Waals surface area contributed by atoms with Crippen molar-refractivity contribution in [3.05, 3.63) is 0 Å². The molecule has 0 bridgehead atoms. The van der Waals surface area contributed by atoms with E-state index in [4.69, 9.17) is 10.2 Å². The highest BCUT2D eigenvalue weighted by Gasteiger charge is 1.98. The van der Waals surface area contributed by atoms with Gasteiger partial charge in [0, 0.05) is 12.8 Å². The standard InChI is InChI=1S/C10H18O4.C3H8/c11-9(12)7-5-3-1-2-4-6-8-10(13)14;1-3-2/h1-8H2,(H,11,12)(H,13,14);3H2,1-2H3. The zero-order chi connectivity index (χ0) is 13.5. The Kier molecular flexibility index (Phi) is 16.1. The summed E-state index contributed by atoms with van der Waals surface area (Å²) in [5, 5.41) is 16.7. The van der Waals surface area contributed by atoms with E-state index < -0.39 is 11.9 Å². The second-order valence-electron chi connectivity index (χ2n) is 4.12. The Morgan fingerprint density at radius 1 is 0.706 bits per heavy atom. The fraction of sp³-hybridized carbons (Fsp3) is 0.846. The van der Waals surface area contributed by atoms with Crippen LogP contribution in [0.1, 0.15) is 71.6 Å². The Morgan fingerprint density at radius 3 is 1.18 bits per heavy atom. The maximum Gasteiger partial charge on any atom is 0.303 e. The zero-order valence-corrected chi connectivity index (χ0v) is 11.1. The maximum atomic E-state index is 10.1. The lowest BCUT2D eigenvalue weighted by atomic mass is 10.1. The van der Waals surface area contributed by atoms with E-state index in [1.807, 2.05) is 0 Å². The van der Waals surface area contributed by atoms with Gasteiger partial charge < -0.3 is 10.2 Å². The highest BCUT2D eigenvalue weighted by Crippen LogP contribution is 2.08. The van der Waals surface area contributed by atoms with Crippen LogP contribution in [-0.4, -0.2) is 22.2 Å². The van der Waals surface area contributed by atoms with Gasteiger partial charge in [0.1, 0.15) is 0 Å². The molecule has 0 aromatic rings. The Morgan fingerprint density at radius 2 is 0.941 bits per heavy atom. The molecule has 0 aromatic heterocycles. The van der Waals surface area contributed by atoms with E-state index >= 15 is 0 Å². The molecular formula is C13H26O4. The number of aliphatic carboxylic acids is 2. The Labute approximate surface area is 104 Å². The van der Waals surface area contributed by atoms with E-state index in [1.165, 1.54) is 6.42 Å². The van der Waals surface area contributed by atoms with Crippen LogP contribution in [0.5, 0.6) is 0 Å². The van der Waals surface area contributed by atoms with Crippen molar-refractivity contribution in [1.82, 2.24) is 0 Å². The lowest BCUT2D eigenvalue weighted by Gasteiger charge is -1.98. The summed E-state index contributed by atoms with van der Waals surface area (Å²) in [4.78, 5) is 20.3. The topological polar surface area (TPSA) is 74.6 Å². The molecule has 0 rings (SSSR count). The van der Waals surface area contributed by atoms with Crippen molar-refractivity contribution in [2.24, 2.45) is 0 Å². The monoisotopic (exact) mass is 246 g/mol. The van der Waals surface area contributed by atoms with Gasteiger partial charge in [-0.2, -0.15) is 0 Å². The summed E-state index contributed by atoms with van der Waals surface area (Å²) in [6, 6.07) is 0. The molecule has 17 heavy (non-hydrogen) atoms. The van der Waals surface area contributed by atoms with Gasteiger partial charge in [0.25, 0.3) is 0 Å². The summed E-state index contributed by atoms with van der Waals surface area (Å²) in [5.74, 6) is -1.48. The number of hydrogen-bond acceptors (Lipinski definition) is 2. The van der Waals surface area contributed by atoms with Crippen molar-refractivity contribution >= 4 is 11.9 Å². The van der Waals surface area contributed by atoms with Crippen molar-refractivity contribution in [3.8, 4) is 0 Å². The summed E-state index contributed by atoms with van der Waals surface area (Å²) < 4.78 is 0. The van der Waals surface area contributed by atoms with Gasteiger partial charge in [-0.3, -0.25) is 9.59 Å². The highest BCUT2D eigenvalue weighted by molar-refractivity contribution is 5.66. The Hall–Kier alpha value is -1.06. The van der Waals surface area contributed by atoms with Gasteiger partial charge in [-0.15, -0.1) is 0 Å². The molecule has 0 heterocycles. The summed E-state index contributed by atoms with van der Waals surface area (Å²) in [6.45, 7) is 4.25. The number of carbonyl (C=O) groups is 2. The van der Waals surface area contributed by atoms with Crippen LogP contribution in [0.4, 0.5) is 0 Å². The highest BCUT2D eigenvalue weighted by atomic mass is 16.4. The molecule has 0 unspecified atom stereocenters. The molecule has 0 spiro atoms. The molecule has 4 heteroatoms. The van der Waals surface area contributed by atoms with Crippen molar-refractivity contribution in [2.75, 3.05) is 0 Å². The average molecular weight is 246 g/mol. The minimum absolute atomic E-state index is 0.245. The average Bonchev–Trinajstić information content (AvgIpc) is 2.22. The van der Waals surface area contributed by atoms with Crippen LogP contribution in [-0.2, 0) is 9.59 Å². The number of rotatable bonds is 9. The molecule has 2 N–H and O–H groups in total. The molecule has 0 saturated carbocycles. The van der Waals surface area contributed by atoms with Gasteiger partial charge in [-0.05, 0) is 12.8 Å². The number of unbranched alkanes of at least 4 members (excludes halogenated alkanes) is 5. The zero-order valence-electron chi connectivity index (χ0n) is 11.1. The lowest BCUT2D eigenvalue weighted by Crippen LogP contribution is -1.94. The van der Waals surface area contributed by atoms with Crippen molar-refractivity contribution in [2.45, 2.75) is 71.6 Å². The molecule has 0 fully saturated rings. The third-order valence-corrected chi connectivity index (χ3v) is 2.03. The van der Waals surface area contributed by atoms with E-state index in [0.717, 1.165) is 38.5 Å². The van der Waals surface area contributed by atoms with E-state index in [0.29, 0.717) is 0 Å². The molecule has 102 valence electrons. The van der Waals surface area contributed by atoms with Gasteiger partial charge in [0.2, 0.25) is 0 Å². The van der Waals surface area contributed by atoms with Gasteiger partial charge in [0.15, 0.2) is 0 Å². The predicted octanol–water partition coefficient (Wildman–Crippen LogP) is 3.69. The van der Waals surface area contributed by atoms with E-state index in [2.05, 4.69) is 13.8 Å². The molecule has 0 radical (unpaired) electrons. The van der Waals surface area contributed by atoms with Crippen molar-refractivity contribution < 1.29 is 19.8 Å². The van der Waals surface area contributed by atoms with E-state index in [9.17, 15) is 9.59 Å². The maximum absolute atomic E-state index is 10.1. The first-order valence-electron chi connectivity index (χ1n) is 6.48. The third-order valence-electron chi connectivity index (χ3n) is 2.03. The predicted molar refractivity (Wildman–Crippen MR) is 68.2 cm³/mol. The van der Waals surface area contributed by atoms with Crippen LogP contribution in [0.3, 0.4) is 0 Å². The summed E-state index contributed by atoms with van der Waals surface area (Å²) >= 11 is 0. The normalized spacial score (nSPS) is 9.29.